The van der Waals surface area contributed by atoms with Crippen molar-refractivity contribution < 1.29 is 9.53 Å². The minimum Gasteiger partial charge on any atom is -0.368 e. The molecule has 2 aliphatic rings. The van der Waals surface area contributed by atoms with Crippen LogP contribution in [0.15, 0.2) is 0 Å². The van der Waals surface area contributed by atoms with Gasteiger partial charge in [0, 0.05) is 17.5 Å². The molecule has 2 fully saturated rings. The summed E-state index contributed by atoms with van der Waals surface area (Å²) in [5, 5.41) is 4.10. The topological polar surface area (TPSA) is 38.3 Å². The highest BCUT2D eigenvalue weighted by Gasteiger charge is 2.37. The molecule has 0 aromatic carbocycles. The summed E-state index contributed by atoms with van der Waals surface area (Å²) >= 11 is 3.56. The molecule has 0 bridgehead atoms. The molecule has 1 heterocycles. The molecule has 1 aliphatic carbocycles. The largest absolute Gasteiger partial charge is 0.368 e. The summed E-state index contributed by atoms with van der Waals surface area (Å²) in [7, 11) is 0. The fourth-order valence-corrected chi connectivity index (χ4v) is 3.58. The first-order chi connectivity index (χ1) is 8.17. The molecule has 1 aliphatic heterocycles. The molecule has 17 heavy (non-hydrogen) atoms. The van der Waals surface area contributed by atoms with Gasteiger partial charge in [0.1, 0.15) is 6.10 Å². The molecule has 1 amide bonds. The third kappa shape index (κ3) is 3.02. The van der Waals surface area contributed by atoms with Crippen LogP contribution >= 0.6 is 15.9 Å². The molecular formula is C13H22BrNO2. The van der Waals surface area contributed by atoms with Crippen molar-refractivity contribution in [2.24, 2.45) is 5.92 Å². The van der Waals surface area contributed by atoms with Crippen LogP contribution in [-0.4, -0.2) is 29.5 Å². The highest BCUT2D eigenvalue weighted by Crippen LogP contribution is 2.31. The molecule has 1 saturated carbocycles. The van der Waals surface area contributed by atoms with Crippen molar-refractivity contribution in [1.29, 1.82) is 0 Å². The van der Waals surface area contributed by atoms with Crippen LogP contribution in [0.1, 0.15) is 45.4 Å². The predicted molar refractivity (Wildman–Crippen MR) is 71.3 cm³/mol. The van der Waals surface area contributed by atoms with Gasteiger partial charge in [0.25, 0.3) is 0 Å². The zero-order valence-electron chi connectivity index (χ0n) is 10.5. The maximum atomic E-state index is 12.2. The lowest BCUT2D eigenvalue weighted by Gasteiger charge is -2.37. The summed E-state index contributed by atoms with van der Waals surface area (Å²) in [5.74, 6) is 0.447. The van der Waals surface area contributed by atoms with Gasteiger partial charge in [-0.05, 0) is 25.2 Å². The second kappa shape index (κ2) is 5.70. The van der Waals surface area contributed by atoms with E-state index in [2.05, 4.69) is 28.2 Å². The summed E-state index contributed by atoms with van der Waals surface area (Å²) in [4.78, 5) is 12.2. The van der Waals surface area contributed by atoms with Crippen LogP contribution in [0.2, 0.25) is 0 Å². The van der Waals surface area contributed by atoms with Crippen LogP contribution in [0.5, 0.6) is 0 Å². The Balaban J connectivity index is 1.95. The van der Waals surface area contributed by atoms with Crippen molar-refractivity contribution in [2.45, 2.75) is 57.1 Å². The quantitative estimate of drug-likeness (QED) is 0.814. The molecule has 98 valence electrons. The van der Waals surface area contributed by atoms with E-state index in [1.165, 1.54) is 19.3 Å². The second-order valence-electron chi connectivity index (χ2n) is 5.52. The zero-order valence-corrected chi connectivity index (χ0v) is 12.1. The molecular weight excluding hydrogens is 282 g/mol. The molecule has 0 spiro atoms. The number of carbonyl (C=O) groups excluding carboxylic acids is 1. The number of alkyl halides is 1. The Bertz CT molecular complexity index is 277. The van der Waals surface area contributed by atoms with Crippen LogP contribution < -0.4 is 5.32 Å². The number of halogens is 1. The van der Waals surface area contributed by atoms with Crippen LogP contribution in [0.25, 0.3) is 0 Å². The predicted octanol–water partition coefficient (Wildman–Crippen LogP) is 2.63. The van der Waals surface area contributed by atoms with Crippen molar-refractivity contribution in [2.75, 3.05) is 11.9 Å². The molecule has 4 heteroatoms. The number of hydrogen-bond acceptors (Lipinski definition) is 2. The van der Waals surface area contributed by atoms with Gasteiger partial charge in [-0.25, -0.2) is 0 Å². The van der Waals surface area contributed by atoms with Crippen LogP contribution in [0.4, 0.5) is 0 Å². The smallest absolute Gasteiger partial charge is 0.249 e. The number of nitrogens with one attached hydrogen (secondary N) is 1. The molecule has 1 N–H and O–H groups in total. The van der Waals surface area contributed by atoms with Gasteiger partial charge in [-0.2, -0.15) is 0 Å². The van der Waals surface area contributed by atoms with Gasteiger partial charge in [-0.3, -0.25) is 4.79 Å². The first kappa shape index (κ1) is 13.3. The van der Waals surface area contributed by atoms with E-state index in [4.69, 9.17) is 4.74 Å². The van der Waals surface area contributed by atoms with E-state index in [1.54, 1.807) is 0 Å². The standard InChI is InChI=1S/C13H22BrNO2/c1-10-5-8-17-11(10)12(16)15-13(9-14)6-3-2-4-7-13/h10-11H,2-9H2,1H3,(H,15,16). The first-order valence-corrected chi connectivity index (χ1v) is 7.79. The van der Waals surface area contributed by atoms with Crippen LogP contribution in [0, 0.1) is 5.92 Å². The average molecular weight is 304 g/mol. The van der Waals surface area contributed by atoms with Crippen LogP contribution in [0.3, 0.4) is 0 Å². The molecule has 3 nitrogen and oxygen atoms in total. The van der Waals surface area contributed by atoms with Gasteiger partial charge in [-0.1, -0.05) is 42.1 Å². The summed E-state index contributed by atoms with van der Waals surface area (Å²) in [5.41, 5.74) is -0.0268. The van der Waals surface area contributed by atoms with Crippen molar-refractivity contribution in [3.05, 3.63) is 0 Å². The Hall–Kier alpha value is -0.0900. The Kier molecular flexibility index (Phi) is 4.47. The summed E-state index contributed by atoms with van der Waals surface area (Å²) < 4.78 is 5.53. The number of carbonyl (C=O) groups is 1. The summed E-state index contributed by atoms with van der Waals surface area (Å²) in [6.07, 6.45) is 6.67. The van der Waals surface area contributed by atoms with Gasteiger partial charge >= 0.3 is 0 Å². The SMILES string of the molecule is CC1CCOC1C(=O)NC1(CBr)CCCCC1. The van der Waals surface area contributed by atoms with Crippen molar-refractivity contribution in [3.63, 3.8) is 0 Å². The van der Waals surface area contributed by atoms with E-state index >= 15 is 0 Å². The number of rotatable bonds is 3. The van der Waals surface area contributed by atoms with Gasteiger partial charge in [0.2, 0.25) is 5.91 Å². The van der Waals surface area contributed by atoms with E-state index in [-0.39, 0.29) is 17.6 Å². The monoisotopic (exact) mass is 303 g/mol. The van der Waals surface area contributed by atoms with Gasteiger partial charge < -0.3 is 10.1 Å². The first-order valence-electron chi connectivity index (χ1n) is 6.66. The molecule has 2 rings (SSSR count). The van der Waals surface area contributed by atoms with Crippen molar-refractivity contribution >= 4 is 21.8 Å². The molecule has 2 atom stereocenters. The Morgan fingerprint density at radius 1 is 1.41 bits per heavy atom. The van der Waals surface area contributed by atoms with Crippen molar-refractivity contribution in [3.8, 4) is 0 Å². The average Bonchev–Trinajstić information content (AvgIpc) is 2.77. The van der Waals surface area contributed by atoms with Crippen molar-refractivity contribution in [1.82, 2.24) is 5.32 Å². The minimum absolute atomic E-state index is 0.0268. The number of ether oxygens (including phenoxy) is 1. The highest BCUT2D eigenvalue weighted by molar-refractivity contribution is 9.09. The van der Waals surface area contributed by atoms with E-state index in [0.717, 1.165) is 31.2 Å². The van der Waals surface area contributed by atoms with E-state index < -0.39 is 0 Å². The Labute approximate surface area is 112 Å². The third-order valence-electron chi connectivity index (χ3n) is 4.10. The van der Waals surface area contributed by atoms with Gasteiger partial charge in [0.15, 0.2) is 0 Å². The Morgan fingerprint density at radius 2 is 2.12 bits per heavy atom. The third-order valence-corrected chi connectivity index (χ3v) is 5.17. The van der Waals surface area contributed by atoms with E-state index in [9.17, 15) is 4.79 Å². The van der Waals surface area contributed by atoms with E-state index in [0.29, 0.717) is 5.92 Å². The molecule has 0 radical (unpaired) electrons. The van der Waals surface area contributed by atoms with E-state index in [1.807, 2.05) is 0 Å². The molecule has 0 aromatic heterocycles. The summed E-state index contributed by atoms with van der Waals surface area (Å²) in [6, 6.07) is 0. The maximum absolute atomic E-state index is 12.2. The van der Waals surface area contributed by atoms with Gasteiger partial charge in [-0.15, -0.1) is 0 Å². The fraction of sp³-hybridized carbons (Fsp3) is 0.923. The lowest BCUT2D eigenvalue weighted by atomic mass is 9.83. The van der Waals surface area contributed by atoms with Crippen LogP contribution in [-0.2, 0) is 9.53 Å². The normalized spacial score (nSPS) is 32.4. The maximum Gasteiger partial charge on any atom is 0.249 e. The number of hydrogen-bond donors (Lipinski definition) is 1. The molecule has 1 saturated heterocycles. The zero-order chi connectivity index (χ0) is 12.3. The summed E-state index contributed by atoms with van der Waals surface area (Å²) in [6.45, 7) is 2.82. The lowest BCUT2D eigenvalue weighted by Crippen LogP contribution is -2.54. The molecule has 0 aromatic rings. The van der Waals surface area contributed by atoms with Gasteiger partial charge in [0.05, 0.1) is 0 Å². The highest BCUT2D eigenvalue weighted by atomic mass is 79.9. The Morgan fingerprint density at radius 3 is 2.65 bits per heavy atom. The minimum atomic E-state index is -0.229. The number of amides is 1. The fourth-order valence-electron chi connectivity index (χ4n) is 2.88. The second-order valence-corrected chi connectivity index (χ2v) is 6.08. The molecule has 2 unspecified atom stereocenters. The lowest BCUT2D eigenvalue weighted by molar-refractivity contribution is -0.133.